The first-order valence-electron chi connectivity index (χ1n) is 5.14. The van der Waals surface area contributed by atoms with Gasteiger partial charge in [0.1, 0.15) is 5.69 Å². The molecule has 74 valence electrons. The van der Waals surface area contributed by atoms with E-state index in [1.807, 2.05) is 6.20 Å². The lowest BCUT2D eigenvalue weighted by Crippen LogP contribution is -2.12. The molecule has 3 nitrogen and oxygen atoms in total. The van der Waals surface area contributed by atoms with Gasteiger partial charge in [-0.05, 0) is 11.2 Å². The van der Waals surface area contributed by atoms with E-state index < -0.39 is 0 Å². The van der Waals surface area contributed by atoms with Crippen LogP contribution in [0, 0.1) is 0 Å². The summed E-state index contributed by atoms with van der Waals surface area (Å²) in [6.45, 7) is 0.939. The van der Waals surface area contributed by atoms with Crippen LogP contribution in [0.2, 0.25) is 0 Å². The molecule has 1 aliphatic rings. The highest BCUT2D eigenvalue weighted by Crippen LogP contribution is 2.31. The number of nitrogens with zero attached hydrogens (tertiary/aromatic N) is 1. The van der Waals surface area contributed by atoms with Crippen molar-refractivity contribution in [1.82, 2.24) is 5.10 Å². The van der Waals surface area contributed by atoms with E-state index in [1.54, 1.807) is 0 Å². The standard InChI is InChI=1S/C12H11N3/c1-2-4-11-9(3-1)10-5-8-14-15-12(10)6-7-13-11/h1-5,8,13H,6-7H2/p+1. The molecule has 0 fully saturated rings. The third-order valence-electron chi connectivity index (χ3n) is 2.73. The van der Waals surface area contributed by atoms with Crippen molar-refractivity contribution >= 4 is 5.69 Å². The van der Waals surface area contributed by atoms with E-state index in [0.29, 0.717) is 0 Å². The fourth-order valence-corrected chi connectivity index (χ4v) is 2.02. The first kappa shape index (κ1) is 8.41. The second-order valence-corrected chi connectivity index (χ2v) is 3.66. The number of hydrogen-bond donors (Lipinski definition) is 1. The topological polar surface area (TPSA) is 39.1 Å². The van der Waals surface area contributed by atoms with Crippen molar-refractivity contribution in [3.05, 3.63) is 42.2 Å². The molecule has 0 atom stereocenters. The third-order valence-corrected chi connectivity index (χ3v) is 2.73. The van der Waals surface area contributed by atoms with E-state index in [9.17, 15) is 0 Å². The minimum atomic E-state index is 0.939. The summed E-state index contributed by atoms with van der Waals surface area (Å²) in [7, 11) is 0. The summed E-state index contributed by atoms with van der Waals surface area (Å²) in [4.78, 5) is 0. The zero-order chi connectivity index (χ0) is 10.1. The monoisotopic (exact) mass is 198 g/mol. The molecule has 0 spiro atoms. The highest BCUT2D eigenvalue weighted by Gasteiger charge is 2.15. The average molecular weight is 198 g/mol. The number of para-hydroxylation sites is 1. The van der Waals surface area contributed by atoms with E-state index in [4.69, 9.17) is 0 Å². The van der Waals surface area contributed by atoms with Gasteiger partial charge in [-0.3, -0.25) is 0 Å². The highest BCUT2D eigenvalue weighted by atomic mass is 15.1. The number of benzene rings is 1. The maximum Gasteiger partial charge on any atom is 0.194 e. The summed E-state index contributed by atoms with van der Waals surface area (Å²) in [6, 6.07) is 10.5. The Balaban J connectivity index is 2.27. The molecule has 0 unspecified atom stereocenters. The lowest BCUT2D eigenvalue weighted by atomic mass is 10.0. The summed E-state index contributed by atoms with van der Waals surface area (Å²) in [5.74, 6) is 0. The van der Waals surface area contributed by atoms with Crippen LogP contribution in [0.25, 0.3) is 11.1 Å². The number of nitrogens with one attached hydrogen (secondary N) is 2. The molecule has 2 N–H and O–H groups in total. The molecule has 0 saturated heterocycles. The first-order chi connectivity index (χ1) is 7.45. The van der Waals surface area contributed by atoms with Crippen LogP contribution in [0.4, 0.5) is 5.69 Å². The first-order valence-corrected chi connectivity index (χ1v) is 5.14. The fraction of sp³-hybridized carbons (Fsp3) is 0.167. The van der Waals surface area contributed by atoms with Gasteiger partial charge in [-0.25, -0.2) is 0 Å². The van der Waals surface area contributed by atoms with Crippen LogP contribution >= 0.6 is 0 Å². The van der Waals surface area contributed by atoms with Gasteiger partial charge < -0.3 is 5.32 Å². The van der Waals surface area contributed by atoms with E-state index >= 15 is 0 Å². The Morgan fingerprint density at radius 1 is 1.13 bits per heavy atom. The Labute approximate surface area is 88.2 Å². The largest absolute Gasteiger partial charge is 0.384 e. The number of hydrogen-bond acceptors (Lipinski definition) is 2. The van der Waals surface area contributed by atoms with E-state index in [0.717, 1.165) is 18.7 Å². The summed E-state index contributed by atoms with van der Waals surface area (Å²) in [5, 5.41) is 10.6. The summed E-state index contributed by atoms with van der Waals surface area (Å²) in [5.41, 5.74) is 4.81. The fourth-order valence-electron chi connectivity index (χ4n) is 2.02. The Morgan fingerprint density at radius 3 is 3.07 bits per heavy atom. The number of aromatic nitrogens is 2. The molecule has 3 heteroatoms. The normalized spacial score (nSPS) is 13.3. The van der Waals surface area contributed by atoms with Gasteiger partial charge in [0.15, 0.2) is 6.20 Å². The smallest absolute Gasteiger partial charge is 0.194 e. The Hall–Kier alpha value is -1.90. The van der Waals surface area contributed by atoms with Crippen molar-refractivity contribution in [3.8, 4) is 11.1 Å². The number of rotatable bonds is 0. The van der Waals surface area contributed by atoms with E-state index in [2.05, 4.69) is 45.8 Å². The predicted octanol–water partition coefficient (Wildman–Crippen LogP) is 1.53. The minimum absolute atomic E-state index is 0.939. The van der Waals surface area contributed by atoms with Crippen molar-refractivity contribution in [1.29, 1.82) is 0 Å². The van der Waals surface area contributed by atoms with E-state index in [1.165, 1.54) is 16.8 Å². The lowest BCUT2D eigenvalue weighted by Gasteiger charge is -2.06. The summed E-state index contributed by atoms with van der Waals surface area (Å²) >= 11 is 0. The molecule has 2 aromatic rings. The molecule has 1 aromatic carbocycles. The van der Waals surface area contributed by atoms with Gasteiger partial charge in [-0.2, -0.15) is 0 Å². The van der Waals surface area contributed by atoms with Crippen LogP contribution in [0.15, 0.2) is 36.5 Å². The number of fused-ring (bicyclic) bond motifs is 3. The quantitative estimate of drug-likeness (QED) is 0.697. The molecule has 0 saturated carbocycles. The Morgan fingerprint density at radius 2 is 2.07 bits per heavy atom. The molecule has 0 aliphatic carbocycles. The molecule has 0 amide bonds. The molecule has 15 heavy (non-hydrogen) atoms. The second-order valence-electron chi connectivity index (χ2n) is 3.66. The van der Waals surface area contributed by atoms with Crippen molar-refractivity contribution in [3.63, 3.8) is 0 Å². The van der Waals surface area contributed by atoms with Crippen molar-refractivity contribution in [2.75, 3.05) is 11.9 Å². The molecule has 2 heterocycles. The van der Waals surface area contributed by atoms with Crippen LogP contribution in [0.1, 0.15) is 5.69 Å². The summed E-state index contributed by atoms with van der Waals surface area (Å²) in [6.07, 6.45) is 2.84. The van der Waals surface area contributed by atoms with E-state index in [-0.39, 0.29) is 0 Å². The SMILES string of the molecule is c1ccc2c(c1)NCCc1n[nH+]ccc1-2. The zero-order valence-corrected chi connectivity index (χ0v) is 8.33. The van der Waals surface area contributed by atoms with Crippen LogP contribution in [0.5, 0.6) is 0 Å². The van der Waals surface area contributed by atoms with Gasteiger partial charge in [0.2, 0.25) is 0 Å². The second kappa shape index (κ2) is 3.35. The van der Waals surface area contributed by atoms with Gasteiger partial charge in [0, 0.05) is 35.8 Å². The van der Waals surface area contributed by atoms with Gasteiger partial charge >= 0.3 is 0 Å². The van der Waals surface area contributed by atoms with Crippen molar-refractivity contribution < 1.29 is 5.10 Å². The molecular weight excluding hydrogens is 186 g/mol. The van der Waals surface area contributed by atoms with Gasteiger partial charge in [0.25, 0.3) is 0 Å². The average Bonchev–Trinajstić information content (AvgIpc) is 2.48. The lowest BCUT2D eigenvalue weighted by molar-refractivity contribution is -0.456. The van der Waals surface area contributed by atoms with Crippen LogP contribution < -0.4 is 10.4 Å². The maximum absolute atomic E-state index is 4.31. The van der Waals surface area contributed by atoms with Gasteiger partial charge in [-0.1, -0.05) is 18.2 Å². The van der Waals surface area contributed by atoms with Crippen molar-refractivity contribution in [2.24, 2.45) is 0 Å². The zero-order valence-electron chi connectivity index (χ0n) is 8.33. The van der Waals surface area contributed by atoms with Gasteiger partial charge in [-0.15, -0.1) is 5.10 Å². The number of anilines is 1. The number of H-pyrrole nitrogens is 1. The highest BCUT2D eigenvalue weighted by molar-refractivity contribution is 5.79. The third kappa shape index (κ3) is 1.36. The molecule has 0 bridgehead atoms. The van der Waals surface area contributed by atoms with Gasteiger partial charge in [0.05, 0.1) is 0 Å². The molecule has 1 aliphatic heterocycles. The molecule has 0 radical (unpaired) electrons. The molecular formula is C12H12N3+. The Bertz CT molecular complexity index is 448. The predicted molar refractivity (Wildman–Crippen MR) is 58.4 cm³/mol. The van der Waals surface area contributed by atoms with Crippen LogP contribution in [-0.4, -0.2) is 11.6 Å². The minimum Gasteiger partial charge on any atom is -0.384 e. The maximum atomic E-state index is 4.31. The number of aromatic amines is 1. The summed E-state index contributed by atoms with van der Waals surface area (Å²) < 4.78 is 0. The van der Waals surface area contributed by atoms with Crippen LogP contribution in [-0.2, 0) is 6.42 Å². The van der Waals surface area contributed by atoms with Crippen molar-refractivity contribution in [2.45, 2.75) is 6.42 Å². The Kier molecular flexibility index (Phi) is 1.88. The molecule has 1 aromatic heterocycles. The molecule has 3 rings (SSSR count). The van der Waals surface area contributed by atoms with Crippen LogP contribution in [0.3, 0.4) is 0 Å².